The van der Waals surface area contributed by atoms with E-state index in [2.05, 4.69) is 30.6 Å². The molecule has 1 saturated carbocycles. The highest BCUT2D eigenvalue weighted by atomic mass is 16.5. The van der Waals surface area contributed by atoms with Gasteiger partial charge in [0.25, 0.3) is 11.8 Å². The molecule has 4 aliphatic carbocycles. The average Bonchev–Trinajstić information content (AvgIpc) is 3.67. The van der Waals surface area contributed by atoms with Gasteiger partial charge in [0, 0.05) is 48.2 Å². The van der Waals surface area contributed by atoms with E-state index >= 15 is 0 Å². The van der Waals surface area contributed by atoms with Crippen LogP contribution >= 0.6 is 0 Å². The van der Waals surface area contributed by atoms with Crippen molar-refractivity contribution in [2.24, 2.45) is 40.7 Å². The number of fused-ring (bicyclic) bond motifs is 1. The van der Waals surface area contributed by atoms with Crippen molar-refractivity contribution < 1.29 is 28.7 Å². The van der Waals surface area contributed by atoms with E-state index in [4.69, 9.17) is 15.2 Å². The zero-order valence-electron chi connectivity index (χ0n) is 27.4. The van der Waals surface area contributed by atoms with Crippen molar-refractivity contribution in [2.75, 3.05) is 26.7 Å². The minimum absolute atomic E-state index is 0.0475. The molecule has 2 bridgehead atoms. The standard InChI is InChI=1S/C37H44N4O6/c1-4-5-6-26-24-9-8-23-22-13-15-37(33(23)32(24)35(44)46-26)27(10-7-20(2)18-39-3)47-36(45)34(37)31(22)25(21-14-16-40-28(38)17-21)19-41-29(42)11-12-30(41)43/h6,10-12,14,17,20,22-23,25,33,39-40H,4-5,7-9,13,15-16,18-19,38H2,1-3H3/b26-6-,27-10-/t20-,22-,23-,25+,33+,37-/m0/s1. The normalized spacial score (nSPS) is 32.3. The molecular weight excluding hydrogens is 596 g/mol. The Morgan fingerprint density at radius 2 is 1.91 bits per heavy atom. The molecule has 1 spiro atoms. The van der Waals surface area contributed by atoms with Gasteiger partial charge < -0.3 is 25.8 Å². The quantitative estimate of drug-likeness (QED) is 0.240. The number of nitrogens with two attached hydrogens (primary N) is 1. The molecule has 10 nitrogen and oxygen atoms in total. The van der Waals surface area contributed by atoms with Crippen molar-refractivity contribution >= 4 is 23.8 Å². The van der Waals surface area contributed by atoms with Crippen molar-refractivity contribution in [3.63, 3.8) is 0 Å². The van der Waals surface area contributed by atoms with Crippen molar-refractivity contribution in [1.29, 1.82) is 0 Å². The lowest BCUT2D eigenvalue weighted by Gasteiger charge is -2.57. The minimum atomic E-state index is -0.844. The van der Waals surface area contributed by atoms with Gasteiger partial charge in [0.2, 0.25) is 0 Å². The molecule has 2 fully saturated rings. The first-order chi connectivity index (χ1) is 22.7. The number of unbranched alkanes of at least 4 members (excludes halogenated alkanes) is 1. The molecule has 248 valence electrons. The summed E-state index contributed by atoms with van der Waals surface area (Å²) in [5.41, 5.74) is 9.49. The van der Waals surface area contributed by atoms with Crippen LogP contribution in [0.25, 0.3) is 0 Å². The van der Waals surface area contributed by atoms with Crippen LogP contribution in [0.5, 0.6) is 0 Å². The Balaban J connectivity index is 1.44. The van der Waals surface area contributed by atoms with Gasteiger partial charge in [-0.05, 0) is 99.2 Å². The first-order valence-corrected chi connectivity index (χ1v) is 17.1. The molecule has 4 aliphatic heterocycles. The summed E-state index contributed by atoms with van der Waals surface area (Å²) in [5.74, 6) is -0.0680. The molecular formula is C37H44N4O6. The summed E-state index contributed by atoms with van der Waals surface area (Å²) in [4.78, 5) is 55.3. The minimum Gasteiger partial charge on any atom is -0.427 e. The Hall–Kier alpha value is -4.18. The molecule has 0 aromatic rings. The number of nitrogens with one attached hydrogen (secondary N) is 2. The molecule has 0 unspecified atom stereocenters. The third-order valence-electron chi connectivity index (χ3n) is 11.3. The van der Waals surface area contributed by atoms with E-state index in [0.29, 0.717) is 53.8 Å². The van der Waals surface area contributed by atoms with Gasteiger partial charge in [-0.25, -0.2) is 9.59 Å². The lowest BCUT2D eigenvalue weighted by molar-refractivity contribution is -0.138. The Kier molecular flexibility index (Phi) is 8.10. The predicted molar refractivity (Wildman–Crippen MR) is 174 cm³/mol. The van der Waals surface area contributed by atoms with Gasteiger partial charge >= 0.3 is 11.9 Å². The Morgan fingerprint density at radius 1 is 1.13 bits per heavy atom. The molecule has 8 aliphatic rings. The van der Waals surface area contributed by atoms with Crippen LogP contribution < -0.4 is 16.4 Å². The Morgan fingerprint density at radius 3 is 2.64 bits per heavy atom. The number of imide groups is 1. The number of hydrogen-bond acceptors (Lipinski definition) is 9. The summed E-state index contributed by atoms with van der Waals surface area (Å²) in [7, 11) is 1.92. The number of ether oxygens (including phenoxy) is 2. The number of cyclic esters (lactones) is 2. The van der Waals surface area contributed by atoms with Crippen LogP contribution in [0.2, 0.25) is 0 Å². The lowest BCUT2D eigenvalue weighted by Crippen LogP contribution is -2.54. The van der Waals surface area contributed by atoms with Crippen LogP contribution in [0.4, 0.5) is 0 Å². The molecule has 0 aromatic heterocycles. The summed E-state index contributed by atoms with van der Waals surface area (Å²) in [6, 6.07) is 0. The smallest absolute Gasteiger partial charge is 0.340 e. The topological polar surface area (TPSA) is 140 Å². The largest absolute Gasteiger partial charge is 0.427 e. The van der Waals surface area contributed by atoms with Crippen LogP contribution in [0.3, 0.4) is 0 Å². The van der Waals surface area contributed by atoms with Gasteiger partial charge in [0.15, 0.2) is 0 Å². The lowest BCUT2D eigenvalue weighted by atomic mass is 9.43. The van der Waals surface area contributed by atoms with Crippen LogP contribution in [0.1, 0.15) is 58.8 Å². The van der Waals surface area contributed by atoms with E-state index in [9.17, 15) is 19.2 Å². The maximum Gasteiger partial charge on any atom is 0.340 e. The van der Waals surface area contributed by atoms with Gasteiger partial charge in [0.1, 0.15) is 11.5 Å². The molecule has 4 heterocycles. The van der Waals surface area contributed by atoms with Gasteiger partial charge in [0.05, 0.1) is 16.8 Å². The number of nitrogens with zero attached hydrogens (tertiary/aromatic N) is 1. The second kappa shape index (κ2) is 12.1. The molecule has 47 heavy (non-hydrogen) atoms. The summed E-state index contributed by atoms with van der Waals surface area (Å²) in [6.07, 6.45) is 16.1. The summed E-state index contributed by atoms with van der Waals surface area (Å²) in [5, 5.41) is 6.36. The zero-order chi connectivity index (χ0) is 33.0. The van der Waals surface area contributed by atoms with E-state index in [1.165, 1.54) is 17.1 Å². The number of rotatable bonds is 10. The maximum absolute atomic E-state index is 14.3. The number of esters is 2. The third-order valence-corrected chi connectivity index (χ3v) is 11.3. The average molecular weight is 641 g/mol. The molecule has 6 atom stereocenters. The number of amides is 2. The number of hydrogen-bond donors (Lipinski definition) is 3. The highest BCUT2D eigenvalue weighted by Gasteiger charge is 2.69. The fraction of sp³-hybridized carbons (Fsp3) is 0.514. The van der Waals surface area contributed by atoms with Crippen LogP contribution in [0.15, 0.2) is 81.7 Å². The summed E-state index contributed by atoms with van der Waals surface area (Å²) in [6.45, 7) is 5.65. The first-order valence-electron chi connectivity index (χ1n) is 17.1. The summed E-state index contributed by atoms with van der Waals surface area (Å²) >= 11 is 0. The van der Waals surface area contributed by atoms with E-state index in [1.54, 1.807) is 0 Å². The van der Waals surface area contributed by atoms with Gasteiger partial charge in [-0.1, -0.05) is 26.3 Å². The van der Waals surface area contributed by atoms with Crippen LogP contribution in [0, 0.1) is 35.0 Å². The fourth-order valence-corrected chi connectivity index (χ4v) is 9.42. The Labute approximate surface area is 275 Å². The van der Waals surface area contributed by atoms with Crippen LogP contribution in [-0.4, -0.2) is 55.3 Å². The van der Waals surface area contributed by atoms with Crippen molar-refractivity contribution in [3.8, 4) is 0 Å². The third kappa shape index (κ3) is 4.94. The highest BCUT2D eigenvalue weighted by Crippen LogP contribution is 2.71. The first kappa shape index (κ1) is 31.4. The summed E-state index contributed by atoms with van der Waals surface area (Å²) < 4.78 is 12.3. The highest BCUT2D eigenvalue weighted by molar-refractivity contribution is 6.13. The van der Waals surface area contributed by atoms with Crippen molar-refractivity contribution in [1.82, 2.24) is 15.5 Å². The van der Waals surface area contributed by atoms with Gasteiger partial charge in [-0.2, -0.15) is 0 Å². The SMILES string of the molecule is CCC/C=C1\OC(=O)C2=C1CC[C@H]1[C@@H]3CC[C@@]4(C(=C3[C@H](CN3C(=O)C=CC3=O)C3=CCNC(N)=C3)C(=O)O/C4=C\C[C@H](C)CNC)[C@@H]21. The van der Waals surface area contributed by atoms with Crippen molar-refractivity contribution in [2.45, 2.75) is 58.8 Å². The number of carbonyl (C=O) groups is 4. The van der Waals surface area contributed by atoms with Crippen LogP contribution in [-0.2, 0) is 28.7 Å². The molecule has 10 heteroatoms. The number of carbonyl (C=O) groups excluding carboxylic acids is 4. The zero-order valence-corrected chi connectivity index (χ0v) is 27.4. The van der Waals surface area contributed by atoms with E-state index in [1.807, 2.05) is 25.3 Å². The number of allylic oxidation sites excluding steroid dienone is 5. The monoisotopic (exact) mass is 640 g/mol. The Bertz CT molecular complexity index is 1640. The fourth-order valence-electron chi connectivity index (χ4n) is 9.42. The second-order valence-corrected chi connectivity index (χ2v) is 14.0. The maximum atomic E-state index is 14.3. The molecule has 0 radical (unpaired) electrons. The van der Waals surface area contributed by atoms with Gasteiger partial charge in [-0.15, -0.1) is 0 Å². The molecule has 1 saturated heterocycles. The molecule has 4 N–H and O–H groups in total. The molecule has 8 rings (SSSR count). The molecule has 0 aromatic carbocycles. The van der Waals surface area contributed by atoms with Gasteiger partial charge in [-0.3, -0.25) is 14.5 Å². The molecule has 2 amide bonds. The van der Waals surface area contributed by atoms with E-state index in [-0.39, 0.29) is 42.1 Å². The predicted octanol–water partition coefficient (Wildman–Crippen LogP) is 3.81. The number of dihydropyridines is 1. The van der Waals surface area contributed by atoms with E-state index < -0.39 is 17.3 Å². The van der Waals surface area contributed by atoms with Crippen molar-refractivity contribution in [3.05, 3.63) is 81.7 Å². The second-order valence-electron chi connectivity index (χ2n) is 14.0. The van der Waals surface area contributed by atoms with E-state index in [0.717, 1.165) is 55.4 Å².